The first-order valence-electron chi connectivity index (χ1n) is 6.26. The van der Waals surface area contributed by atoms with E-state index in [0.29, 0.717) is 12.6 Å². The molecule has 4 heteroatoms. The lowest BCUT2D eigenvalue weighted by Gasteiger charge is -2.20. The second-order valence-corrected chi connectivity index (χ2v) is 5.14. The predicted octanol–water partition coefficient (Wildman–Crippen LogP) is 2.92. The summed E-state index contributed by atoms with van der Waals surface area (Å²) in [6.07, 6.45) is 0. The summed E-state index contributed by atoms with van der Waals surface area (Å²) in [5.74, 6) is 0. The monoisotopic (exact) mass is 270 g/mol. The molecule has 1 N–H and O–H groups in total. The Morgan fingerprint density at radius 1 is 1.39 bits per heavy atom. The minimum Gasteiger partial charge on any atom is -0.383 e. The van der Waals surface area contributed by atoms with Crippen LogP contribution in [-0.4, -0.2) is 33.4 Å². The molecule has 0 heterocycles. The van der Waals surface area contributed by atoms with Gasteiger partial charge in [-0.1, -0.05) is 31.5 Å². The number of ether oxygens (including phenoxy) is 1. The van der Waals surface area contributed by atoms with Crippen LogP contribution in [0.5, 0.6) is 0 Å². The van der Waals surface area contributed by atoms with Crippen molar-refractivity contribution >= 4 is 17.3 Å². The maximum absolute atomic E-state index is 6.31. The number of nitrogens with one attached hydrogen (secondary N) is 1. The van der Waals surface area contributed by atoms with Gasteiger partial charge in [0.2, 0.25) is 0 Å². The average Bonchev–Trinajstić information content (AvgIpc) is 2.33. The summed E-state index contributed by atoms with van der Waals surface area (Å²) < 4.78 is 5.07. The normalized spacial score (nSPS) is 11.0. The Bertz CT molecular complexity index is 369. The van der Waals surface area contributed by atoms with Crippen molar-refractivity contribution in [1.29, 1.82) is 0 Å². The highest BCUT2D eigenvalue weighted by atomic mass is 35.5. The van der Waals surface area contributed by atoms with Crippen molar-refractivity contribution in [2.75, 3.05) is 32.2 Å². The molecule has 0 aromatic heterocycles. The van der Waals surface area contributed by atoms with Crippen LogP contribution in [0.1, 0.15) is 19.4 Å². The molecule has 1 aromatic rings. The van der Waals surface area contributed by atoms with Crippen LogP contribution in [-0.2, 0) is 11.3 Å². The fraction of sp³-hybridized carbons (Fsp3) is 0.571. The number of nitrogens with zero attached hydrogens (tertiary/aromatic N) is 1. The summed E-state index contributed by atoms with van der Waals surface area (Å²) in [5, 5.41) is 4.17. The van der Waals surface area contributed by atoms with Crippen molar-refractivity contribution in [3.8, 4) is 0 Å². The van der Waals surface area contributed by atoms with Gasteiger partial charge in [-0.3, -0.25) is 0 Å². The first-order valence-corrected chi connectivity index (χ1v) is 6.64. The number of rotatable bonds is 7. The number of hydrogen-bond donors (Lipinski definition) is 1. The van der Waals surface area contributed by atoms with E-state index in [9.17, 15) is 0 Å². The van der Waals surface area contributed by atoms with Crippen LogP contribution in [0, 0.1) is 0 Å². The highest BCUT2D eigenvalue weighted by Crippen LogP contribution is 2.25. The van der Waals surface area contributed by atoms with Crippen LogP contribution in [0.2, 0.25) is 5.02 Å². The van der Waals surface area contributed by atoms with Crippen LogP contribution < -0.4 is 10.2 Å². The summed E-state index contributed by atoms with van der Waals surface area (Å²) in [6.45, 7) is 6.64. The second kappa shape index (κ2) is 7.62. The Balaban J connectivity index is 2.66. The van der Waals surface area contributed by atoms with E-state index in [2.05, 4.69) is 36.2 Å². The molecule has 1 rings (SSSR count). The zero-order valence-corrected chi connectivity index (χ0v) is 12.4. The fourth-order valence-electron chi connectivity index (χ4n) is 1.64. The molecule has 0 unspecified atom stereocenters. The van der Waals surface area contributed by atoms with Crippen LogP contribution >= 0.6 is 11.6 Å². The molecule has 0 fully saturated rings. The maximum Gasteiger partial charge on any atom is 0.0642 e. The van der Waals surface area contributed by atoms with Crippen LogP contribution in [0.3, 0.4) is 0 Å². The summed E-state index contributed by atoms with van der Waals surface area (Å²) in [6, 6.07) is 6.68. The Morgan fingerprint density at radius 2 is 2.11 bits per heavy atom. The SMILES string of the molecule is COCCN(C)c1ccc(CNC(C)C)cc1Cl. The quantitative estimate of drug-likeness (QED) is 0.825. The third-order valence-electron chi connectivity index (χ3n) is 2.77. The number of anilines is 1. The third kappa shape index (κ3) is 4.84. The molecule has 0 spiro atoms. The van der Waals surface area contributed by atoms with Crippen LogP contribution in [0.4, 0.5) is 5.69 Å². The van der Waals surface area contributed by atoms with Gasteiger partial charge in [-0.2, -0.15) is 0 Å². The molecule has 18 heavy (non-hydrogen) atoms. The van der Waals surface area contributed by atoms with E-state index < -0.39 is 0 Å². The minimum absolute atomic E-state index is 0.479. The van der Waals surface area contributed by atoms with Gasteiger partial charge in [-0.15, -0.1) is 0 Å². The van der Waals surface area contributed by atoms with Gasteiger partial charge in [0.05, 0.1) is 17.3 Å². The fourth-order valence-corrected chi connectivity index (χ4v) is 1.99. The van der Waals surface area contributed by atoms with Crippen molar-refractivity contribution in [2.45, 2.75) is 26.4 Å². The molecule has 0 aliphatic rings. The van der Waals surface area contributed by atoms with Gasteiger partial charge < -0.3 is 15.0 Å². The molecule has 0 radical (unpaired) electrons. The average molecular weight is 271 g/mol. The molecule has 0 aliphatic carbocycles. The number of methoxy groups -OCH3 is 1. The van der Waals surface area contributed by atoms with Gasteiger partial charge in [0, 0.05) is 33.3 Å². The van der Waals surface area contributed by atoms with E-state index >= 15 is 0 Å². The maximum atomic E-state index is 6.31. The Hall–Kier alpha value is -0.770. The lowest BCUT2D eigenvalue weighted by atomic mass is 10.2. The zero-order valence-electron chi connectivity index (χ0n) is 11.7. The lowest BCUT2D eigenvalue weighted by Crippen LogP contribution is -2.23. The minimum atomic E-state index is 0.479. The molecule has 3 nitrogen and oxygen atoms in total. The third-order valence-corrected chi connectivity index (χ3v) is 3.07. The largest absolute Gasteiger partial charge is 0.383 e. The molecule has 102 valence electrons. The molecular formula is C14H23ClN2O. The topological polar surface area (TPSA) is 24.5 Å². The number of likely N-dealkylation sites (N-methyl/N-ethyl adjacent to an activating group) is 1. The first kappa shape index (κ1) is 15.3. The Kier molecular flexibility index (Phi) is 6.47. The Labute approximate surface area is 115 Å². The van der Waals surface area contributed by atoms with E-state index in [1.807, 2.05) is 13.1 Å². The Morgan fingerprint density at radius 3 is 2.67 bits per heavy atom. The standard InChI is InChI=1S/C14H23ClN2O/c1-11(2)16-10-12-5-6-14(13(15)9-12)17(3)7-8-18-4/h5-6,9,11,16H,7-8,10H2,1-4H3. The molecule has 0 atom stereocenters. The molecule has 1 aromatic carbocycles. The van der Waals surface area contributed by atoms with Crippen molar-refractivity contribution in [3.05, 3.63) is 28.8 Å². The van der Waals surface area contributed by atoms with E-state index in [4.69, 9.17) is 16.3 Å². The summed E-state index contributed by atoms with van der Waals surface area (Å²) in [5.41, 5.74) is 2.25. The van der Waals surface area contributed by atoms with E-state index in [-0.39, 0.29) is 0 Å². The van der Waals surface area contributed by atoms with Crippen molar-refractivity contribution < 1.29 is 4.74 Å². The summed E-state index contributed by atoms with van der Waals surface area (Å²) in [7, 11) is 3.72. The molecule has 0 aliphatic heterocycles. The van der Waals surface area contributed by atoms with Gasteiger partial charge in [-0.05, 0) is 17.7 Å². The first-order chi connectivity index (χ1) is 8.54. The van der Waals surface area contributed by atoms with Crippen molar-refractivity contribution in [1.82, 2.24) is 5.32 Å². The molecular weight excluding hydrogens is 248 g/mol. The smallest absolute Gasteiger partial charge is 0.0642 e. The number of benzene rings is 1. The lowest BCUT2D eigenvalue weighted by molar-refractivity contribution is 0.206. The van der Waals surface area contributed by atoms with Crippen molar-refractivity contribution in [2.24, 2.45) is 0 Å². The van der Waals surface area contributed by atoms with Gasteiger partial charge in [0.1, 0.15) is 0 Å². The number of hydrogen-bond acceptors (Lipinski definition) is 3. The second-order valence-electron chi connectivity index (χ2n) is 4.74. The molecule has 0 saturated carbocycles. The van der Waals surface area contributed by atoms with Crippen LogP contribution in [0.15, 0.2) is 18.2 Å². The molecule has 0 bridgehead atoms. The zero-order chi connectivity index (χ0) is 13.5. The van der Waals surface area contributed by atoms with Gasteiger partial charge in [0.15, 0.2) is 0 Å². The molecule has 0 amide bonds. The van der Waals surface area contributed by atoms with Gasteiger partial charge >= 0.3 is 0 Å². The predicted molar refractivity (Wildman–Crippen MR) is 78.6 cm³/mol. The summed E-state index contributed by atoms with van der Waals surface area (Å²) in [4.78, 5) is 2.10. The highest BCUT2D eigenvalue weighted by molar-refractivity contribution is 6.33. The number of halogens is 1. The van der Waals surface area contributed by atoms with E-state index in [0.717, 1.165) is 23.8 Å². The molecule has 0 saturated heterocycles. The van der Waals surface area contributed by atoms with Crippen LogP contribution in [0.25, 0.3) is 0 Å². The van der Waals surface area contributed by atoms with E-state index in [1.54, 1.807) is 7.11 Å². The van der Waals surface area contributed by atoms with Gasteiger partial charge in [-0.25, -0.2) is 0 Å². The summed E-state index contributed by atoms with van der Waals surface area (Å²) >= 11 is 6.31. The van der Waals surface area contributed by atoms with Crippen molar-refractivity contribution in [3.63, 3.8) is 0 Å². The van der Waals surface area contributed by atoms with E-state index in [1.165, 1.54) is 5.56 Å². The van der Waals surface area contributed by atoms with Gasteiger partial charge in [0.25, 0.3) is 0 Å². The highest BCUT2D eigenvalue weighted by Gasteiger charge is 2.07.